The SMILES string of the molecule is O=C(NCc1ccc(-c2ccc(Cl)cc2)cc1)Nc1ccc(CN2CCCCC2)cc1. The average Bonchev–Trinajstić information content (AvgIpc) is 2.81. The van der Waals surface area contributed by atoms with Gasteiger partial charge in [-0.25, -0.2) is 4.79 Å². The molecule has 5 heteroatoms. The van der Waals surface area contributed by atoms with Crippen LogP contribution in [0.25, 0.3) is 11.1 Å². The minimum absolute atomic E-state index is 0.203. The quantitative estimate of drug-likeness (QED) is 0.478. The molecule has 160 valence electrons. The summed E-state index contributed by atoms with van der Waals surface area (Å²) in [6, 6.07) is 23.9. The molecule has 1 fully saturated rings. The molecule has 2 amide bonds. The van der Waals surface area contributed by atoms with E-state index < -0.39 is 0 Å². The van der Waals surface area contributed by atoms with Crippen LogP contribution in [0.5, 0.6) is 0 Å². The van der Waals surface area contributed by atoms with E-state index in [9.17, 15) is 4.79 Å². The standard InChI is InChI=1S/C26H28ClN3O/c27-24-12-10-23(11-13-24)22-8-4-20(5-9-22)18-28-26(31)29-25-14-6-21(7-15-25)19-30-16-2-1-3-17-30/h4-15H,1-3,16-19H2,(H2,28,29,31). The van der Waals surface area contributed by atoms with E-state index >= 15 is 0 Å². The molecule has 3 aromatic carbocycles. The number of urea groups is 1. The maximum absolute atomic E-state index is 12.3. The number of anilines is 1. The largest absolute Gasteiger partial charge is 0.334 e. The number of nitrogens with one attached hydrogen (secondary N) is 2. The van der Waals surface area contributed by atoms with E-state index in [2.05, 4.69) is 39.8 Å². The Morgan fingerprint density at radius 1 is 0.774 bits per heavy atom. The van der Waals surface area contributed by atoms with Gasteiger partial charge in [0.05, 0.1) is 0 Å². The van der Waals surface area contributed by atoms with Gasteiger partial charge in [0.15, 0.2) is 0 Å². The molecule has 1 aliphatic heterocycles. The topological polar surface area (TPSA) is 44.4 Å². The van der Waals surface area contributed by atoms with E-state index in [0.717, 1.165) is 33.9 Å². The van der Waals surface area contributed by atoms with Gasteiger partial charge in [-0.2, -0.15) is 0 Å². The molecular formula is C26H28ClN3O. The first kappa shape index (κ1) is 21.4. The summed E-state index contributed by atoms with van der Waals surface area (Å²) in [4.78, 5) is 14.8. The van der Waals surface area contributed by atoms with Crippen LogP contribution >= 0.6 is 11.6 Å². The van der Waals surface area contributed by atoms with Crippen LogP contribution in [0.2, 0.25) is 5.02 Å². The van der Waals surface area contributed by atoms with Crippen molar-refractivity contribution in [1.82, 2.24) is 10.2 Å². The Kier molecular flexibility index (Phi) is 7.23. The van der Waals surface area contributed by atoms with Gasteiger partial charge in [-0.3, -0.25) is 4.90 Å². The van der Waals surface area contributed by atoms with Gasteiger partial charge in [-0.1, -0.05) is 66.6 Å². The van der Waals surface area contributed by atoms with Crippen LogP contribution in [0.1, 0.15) is 30.4 Å². The van der Waals surface area contributed by atoms with E-state index in [1.54, 1.807) is 0 Å². The zero-order valence-corrected chi connectivity index (χ0v) is 18.4. The Bertz CT molecular complexity index is 979. The van der Waals surface area contributed by atoms with E-state index in [1.165, 1.54) is 37.9 Å². The fraction of sp³-hybridized carbons (Fsp3) is 0.269. The molecule has 31 heavy (non-hydrogen) atoms. The van der Waals surface area contributed by atoms with Crippen molar-refractivity contribution in [2.24, 2.45) is 0 Å². The first-order chi connectivity index (χ1) is 15.2. The highest BCUT2D eigenvalue weighted by atomic mass is 35.5. The molecule has 0 atom stereocenters. The molecule has 1 saturated heterocycles. The lowest BCUT2D eigenvalue weighted by molar-refractivity contribution is 0.221. The second-order valence-electron chi connectivity index (χ2n) is 8.05. The molecular weight excluding hydrogens is 406 g/mol. The van der Waals surface area contributed by atoms with Gasteiger partial charge in [0.1, 0.15) is 0 Å². The molecule has 0 aliphatic carbocycles. The number of piperidine rings is 1. The Balaban J connectivity index is 1.24. The molecule has 0 saturated carbocycles. The van der Waals surface area contributed by atoms with Crippen molar-refractivity contribution in [3.8, 4) is 11.1 Å². The summed E-state index contributed by atoms with van der Waals surface area (Å²) in [5.74, 6) is 0. The Hall–Kier alpha value is -2.82. The second-order valence-corrected chi connectivity index (χ2v) is 8.48. The van der Waals surface area contributed by atoms with Crippen LogP contribution in [-0.4, -0.2) is 24.0 Å². The molecule has 0 aromatic heterocycles. The summed E-state index contributed by atoms with van der Waals surface area (Å²) in [5, 5.41) is 6.56. The van der Waals surface area contributed by atoms with Gasteiger partial charge in [0.2, 0.25) is 0 Å². The first-order valence-electron chi connectivity index (χ1n) is 10.9. The third-order valence-electron chi connectivity index (χ3n) is 5.65. The minimum Gasteiger partial charge on any atom is -0.334 e. The average molecular weight is 434 g/mol. The first-order valence-corrected chi connectivity index (χ1v) is 11.2. The minimum atomic E-state index is -0.203. The maximum atomic E-state index is 12.3. The number of rotatable bonds is 6. The van der Waals surface area contributed by atoms with E-state index in [1.807, 2.05) is 48.5 Å². The summed E-state index contributed by atoms with van der Waals surface area (Å²) in [7, 11) is 0. The van der Waals surface area contributed by atoms with Gasteiger partial charge in [-0.15, -0.1) is 0 Å². The normalized spacial score (nSPS) is 14.2. The van der Waals surface area contributed by atoms with E-state index in [4.69, 9.17) is 11.6 Å². The zero-order chi connectivity index (χ0) is 21.5. The summed E-state index contributed by atoms with van der Waals surface area (Å²) in [5.41, 5.74) is 5.37. The van der Waals surface area contributed by atoms with Crippen molar-refractivity contribution in [2.75, 3.05) is 18.4 Å². The molecule has 0 unspecified atom stereocenters. The van der Waals surface area contributed by atoms with Crippen LogP contribution in [-0.2, 0) is 13.1 Å². The number of hydrogen-bond acceptors (Lipinski definition) is 2. The Morgan fingerprint density at radius 2 is 1.35 bits per heavy atom. The van der Waals surface area contributed by atoms with Gasteiger partial charge in [-0.05, 0) is 72.5 Å². The fourth-order valence-electron chi connectivity index (χ4n) is 3.88. The molecule has 0 radical (unpaired) electrons. The molecule has 4 nitrogen and oxygen atoms in total. The monoisotopic (exact) mass is 433 g/mol. The lowest BCUT2D eigenvalue weighted by Gasteiger charge is -2.26. The number of nitrogens with zero attached hydrogens (tertiary/aromatic N) is 1. The summed E-state index contributed by atoms with van der Waals surface area (Å²) in [6.07, 6.45) is 3.94. The number of likely N-dealkylation sites (tertiary alicyclic amines) is 1. The van der Waals surface area contributed by atoms with Crippen molar-refractivity contribution in [3.63, 3.8) is 0 Å². The lowest BCUT2D eigenvalue weighted by atomic mass is 10.0. The Labute approximate surface area is 189 Å². The molecule has 1 heterocycles. The third kappa shape index (κ3) is 6.33. The second kappa shape index (κ2) is 10.5. The van der Waals surface area contributed by atoms with Crippen molar-refractivity contribution >= 4 is 23.3 Å². The number of hydrogen-bond donors (Lipinski definition) is 2. The highest BCUT2D eigenvalue weighted by Gasteiger charge is 2.10. The predicted octanol–water partition coefficient (Wildman–Crippen LogP) is 6.31. The lowest BCUT2D eigenvalue weighted by Crippen LogP contribution is -2.29. The molecule has 2 N–H and O–H groups in total. The van der Waals surface area contributed by atoms with Crippen molar-refractivity contribution in [1.29, 1.82) is 0 Å². The molecule has 3 aromatic rings. The van der Waals surface area contributed by atoms with Gasteiger partial charge in [0, 0.05) is 23.8 Å². The third-order valence-corrected chi connectivity index (χ3v) is 5.90. The number of carbonyl (C=O) groups excluding carboxylic acids is 1. The van der Waals surface area contributed by atoms with Crippen molar-refractivity contribution < 1.29 is 4.79 Å². The zero-order valence-electron chi connectivity index (χ0n) is 17.6. The highest BCUT2D eigenvalue weighted by Crippen LogP contribution is 2.22. The van der Waals surface area contributed by atoms with Gasteiger partial charge < -0.3 is 10.6 Å². The predicted molar refractivity (Wildman–Crippen MR) is 128 cm³/mol. The van der Waals surface area contributed by atoms with E-state index in [-0.39, 0.29) is 6.03 Å². The highest BCUT2D eigenvalue weighted by molar-refractivity contribution is 6.30. The van der Waals surface area contributed by atoms with Gasteiger partial charge in [0.25, 0.3) is 0 Å². The number of amides is 2. The van der Waals surface area contributed by atoms with Crippen LogP contribution in [0.4, 0.5) is 10.5 Å². The van der Waals surface area contributed by atoms with Crippen LogP contribution in [0.15, 0.2) is 72.8 Å². The summed E-state index contributed by atoms with van der Waals surface area (Å²) < 4.78 is 0. The number of carbonyl (C=O) groups is 1. The van der Waals surface area contributed by atoms with Crippen LogP contribution < -0.4 is 10.6 Å². The molecule has 0 bridgehead atoms. The number of halogens is 1. The Morgan fingerprint density at radius 3 is 2.00 bits per heavy atom. The smallest absolute Gasteiger partial charge is 0.319 e. The van der Waals surface area contributed by atoms with Crippen LogP contribution in [0.3, 0.4) is 0 Å². The fourth-order valence-corrected chi connectivity index (χ4v) is 4.01. The molecule has 0 spiro atoms. The van der Waals surface area contributed by atoms with Gasteiger partial charge >= 0.3 is 6.03 Å². The molecule has 4 rings (SSSR count). The van der Waals surface area contributed by atoms with E-state index in [0.29, 0.717) is 6.54 Å². The molecule has 1 aliphatic rings. The van der Waals surface area contributed by atoms with Crippen LogP contribution in [0, 0.1) is 0 Å². The maximum Gasteiger partial charge on any atom is 0.319 e. The van der Waals surface area contributed by atoms with Crippen molar-refractivity contribution in [3.05, 3.63) is 88.9 Å². The summed E-state index contributed by atoms with van der Waals surface area (Å²) >= 11 is 5.95. The number of benzene rings is 3. The summed E-state index contributed by atoms with van der Waals surface area (Å²) in [6.45, 7) is 3.82. The van der Waals surface area contributed by atoms with Crippen molar-refractivity contribution in [2.45, 2.75) is 32.4 Å².